The molecule has 0 spiro atoms. The summed E-state index contributed by atoms with van der Waals surface area (Å²) in [6.07, 6.45) is 0.651. The molecule has 0 unspecified atom stereocenters. The molecule has 2 amide bonds. The van der Waals surface area contributed by atoms with Gasteiger partial charge in [0.25, 0.3) is 5.91 Å². The number of amides is 2. The minimum absolute atomic E-state index is 0.0412. The number of carbonyl (C=O) groups excluding carboxylic acids is 2. The zero-order valence-corrected chi connectivity index (χ0v) is 25.8. The zero-order chi connectivity index (χ0) is 32.5. The number of hydrogen-bond donors (Lipinski definition) is 1. The number of halogens is 3. The summed E-state index contributed by atoms with van der Waals surface area (Å²) in [6, 6.07) is 4.35. The van der Waals surface area contributed by atoms with Crippen molar-refractivity contribution in [2.24, 2.45) is 0 Å². The van der Waals surface area contributed by atoms with Crippen LogP contribution in [0.3, 0.4) is 0 Å². The first kappa shape index (κ1) is 32.0. The van der Waals surface area contributed by atoms with Crippen LogP contribution in [0.1, 0.15) is 73.3 Å². The molecule has 242 valence electrons. The molecule has 4 heterocycles. The average molecular weight is 631 g/mol. The number of alkyl halides is 2. The first-order valence-electron chi connectivity index (χ1n) is 14.8. The summed E-state index contributed by atoms with van der Waals surface area (Å²) in [4.78, 5) is 43.8. The summed E-state index contributed by atoms with van der Waals surface area (Å²) >= 11 is 0. The van der Waals surface area contributed by atoms with E-state index in [9.17, 15) is 22.8 Å². The lowest BCUT2D eigenvalue weighted by Crippen LogP contribution is -2.45. The Morgan fingerprint density at radius 2 is 1.80 bits per heavy atom. The maximum atomic E-state index is 15.0. The molecule has 0 bridgehead atoms. The standard InChI is InChI=1S/C30H37F3N8O4/c1-17-6-7-22(31)20(12-17)21-15-41(16-23(21)36-29(43)44-30(2,3)4)27-34-13-18(14-35-27)26(42)39(5)19-8-10-40(11-9-19)28-37-25(24(32)33)38-45-28/h6-7,12-14,19,21,23-24H,8-11,15-16H2,1-5H3,(H,36,43)/t21-,23+/m1/s1. The van der Waals surface area contributed by atoms with Gasteiger partial charge in [-0.1, -0.05) is 22.9 Å². The molecule has 12 nitrogen and oxygen atoms in total. The highest BCUT2D eigenvalue weighted by atomic mass is 19.3. The number of nitrogens with one attached hydrogen (secondary N) is 1. The first-order valence-corrected chi connectivity index (χ1v) is 14.8. The average Bonchev–Trinajstić information content (AvgIpc) is 3.65. The Labute approximate surface area is 258 Å². The molecule has 0 radical (unpaired) electrons. The van der Waals surface area contributed by atoms with Crippen LogP contribution in [-0.2, 0) is 4.74 Å². The van der Waals surface area contributed by atoms with E-state index in [1.54, 1.807) is 49.8 Å². The van der Waals surface area contributed by atoms with Crippen molar-refractivity contribution in [3.63, 3.8) is 0 Å². The number of nitrogens with zero attached hydrogens (tertiary/aromatic N) is 7. The molecule has 2 aromatic heterocycles. The molecule has 1 N–H and O–H groups in total. The van der Waals surface area contributed by atoms with Crippen molar-refractivity contribution in [1.82, 2.24) is 30.3 Å². The topological polar surface area (TPSA) is 130 Å². The molecule has 0 saturated carbocycles. The SMILES string of the molecule is Cc1ccc(F)c([C@H]2CN(c3ncc(C(=O)N(C)C4CCN(c5nc(C(F)F)no5)CC4)cn3)C[C@@H]2NC(=O)OC(C)(C)C)c1. The summed E-state index contributed by atoms with van der Waals surface area (Å²) in [7, 11) is 1.70. The zero-order valence-electron chi connectivity index (χ0n) is 25.8. The molecule has 5 rings (SSSR count). The number of ether oxygens (including phenoxy) is 1. The van der Waals surface area contributed by atoms with Crippen LogP contribution >= 0.6 is 0 Å². The molecule has 0 aliphatic carbocycles. The van der Waals surface area contributed by atoms with E-state index in [4.69, 9.17) is 9.26 Å². The highest BCUT2D eigenvalue weighted by Crippen LogP contribution is 2.32. The second-order valence-electron chi connectivity index (χ2n) is 12.4. The highest BCUT2D eigenvalue weighted by Gasteiger charge is 2.38. The van der Waals surface area contributed by atoms with Gasteiger partial charge in [0.15, 0.2) is 0 Å². The van der Waals surface area contributed by atoms with Gasteiger partial charge in [-0.2, -0.15) is 4.98 Å². The van der Waals surface area contributed by atoms with Crippen molar-refractivity contribution in [2.75, 3.05) is 43.0 Å². The van der Waals surface area contributed by atoms with Crippen molar-refractivity contribution in [1.29, 1.82) is 0 Å². The van der Waals surface area contributed by atoms with Gasteiger partial charge in [-0.15, -0.1) is 0 Å². The molecular formula is C30H37F3N8O4. The lowest BCUT2D eigenvalue weighted by Gasteiger charge is -2.35. The van der Waals surface area contributed by atoms with Gasteiger partial charge < -0.3 is 29.3 Å². The van der Waals surface area contributed by atoms with Gasteiger partial charge in [-0.05, 0) is 52.2 Å². The molecular weight excluding hydrogens is 593 g/mol. The maximum absolute atomic E-state index is 15.0. The largest absolute Gasteiger partial charge is 0.444 e. The van der Waals surface area contributed by atoms with E-state index in [1.807, 2.05) is 11.8 Å². The van der Waals surface area contributed by atoms with Crippen molar-refractivity contribution >= 4 is 24.0 Å². The normalized spacial score (nSPS) is 19.2. The number of aryl methyl sites for hydroxylation is 1. The predicted molar refractivity (Wildman–Crippen MR) is 158 cm³/mol. The fourth-order valence-corrected chi connectivity index (χ4v) is 5.69. The Morgan fingerprint density at radius 3 is 2.42 bits per heavy atom. The van der Waals surface area contributed by atoms with Gasteiger partial charge in [0.05, 0.1) is 11.6 Å². The summed E-state index contributed by atoms with van der Waals surface area (Å²) in [5, 5.41) is 6.20. The van der Waals surface area contributed by atoms with Crippen molar-refractivity contribution < 1.29 is 32.0 Å². The van der Waals surface area contributed by atoms with Crippen molar-refractivity contribution in [2.45, 2.75) is 70.6 Å². The molecule has 3 aromatic rings. The molecule has 45 heavy (non-hydrogen) atoms. The van der Waals surface area contributed by atoms with Crippen LogP contribution in [0.4, 0.5) is 29.9 Å². The smallest absolute Gasteiger partial charge is 0.407 e. The monoisotopic (exact) mass is 630 g/mol. The quantitative estimate of drug-likeness (QED) is 0.399. The summed E-state index contributed by atoms with van der Waals surface area (Å²) in [5.41, 5.74) is 0.972. The van der Waals surface area contributed by atoms with Crippen LogP contribution in [0.5, 0.6) is 0 Å². The van der Waals surface area contributed by atoms with Crippen LogP contribution in [-0.4, -0.2) is 87.9 Å². The first-order chi connectivity index (χ1) is 21.3. The molecule has 1 aromatic carbocycles. The van der Waals surface area contributed by atoms with Crippen molar-refractivity contribution in [3.8, 4) is 0 Å². The van der Waals surface area contributed by atoms with Gasteiger partial charge in [0.2, 0.25) is 11.8 Å². The number of rotatable bonds is 7. The van der Waals surface area contributed by atoms with Gasteiger partial charge >= 0.3 is 18.5 Å². The summed E-state index contributed by atoms with van der Waals surface area (Å²) in [6.45, 7) is 8.75. The van der Waals surface area contributed by atoms with E-state index < -0.39 is 35.9 Å². The van der Waals surface area contributed by atoms with E-state index in [0.29, 0.717) is 56.1 Å². The van der Waals surface area contributed by atoms with Crippen LogP contribution in [0.25, 0.3) is 0 Å². The molecule has 2 saturated heterocycles. The van der Waals surface area contributed by atoms with Gasteiger partial charge in [-0.3, -0.25) is 4.79 Å². The van der Waals surface area contributed by atoms with Crippen LogP contribution in [0.2, 0.25) is 0 Å². The molecule has 2 atom stereocenters. The Balaban J connectivity index is 1.24. The van der Waals surface area contributed by atoms with Crippen LogP contribution in [0.15, 0.2) is 35.1 Å². The van der Waals surface area contributed by atoms with E-state index in [-0.39, 0.29) is 23.8 Å². The maximum Gasteiger partial charge on any atom is 0.407 e. The number of hydrogen-bond acceptors (Lipinski definition) is 10. The van der Waals surface area contributed by atoms with Crippen molar-refractivity contribution in [3.05, 3.63) is 58.9 Å². The third-order valence-corrected chi connectivity index (χ3v) is 7.97. The van der Waals surface area contributed by atoms with Crippen LogP contribution in [0, 0.1) is 12.7 Å². The third kappa shape index (κ3) is 7.45. The number of aromatic nitrogens is 4. The van der Waals surface area contributed by atoms with Crippen LogP contribution < -0.4 is 15.1 Å². The summed E-state index contributed by atoms with van der Waals surface area (Å²) < 4.78 is 51.0. The third-order valence-electron chi connectivity index (χ3n) is 7.97. The van der Waals surface area contributed by atoms with Gasteiger partial charge in [0, 0.05) is 57.6 Å². The lowest BCUT2D eigenvalue weighted by molar-refractivity contribution is 0.0504. The van der Waals surface area contributed by atoms with E-state index in [0.717, 1.165) is 5.56 Å². The number of anilines is 2. The number of benzene rings is 1. The Hall–Kier alpha value is -4.43. The minimum Gasteiger partial charge on any atom is -0.444 e. The summed E-state index contributed by atoms with van der Waals surface area (Å²) in [5.74, 6) is -1.33. The Bertz CT molecular complexity index is 1510. The predicted octanol–water partition coefficient (Wildman–Crippen LogP) is 4.48. The molecule has 2 aliphatic rings. The van der Waals surface area contributed by atoms with E-state index in [2.05, 4.69) is 25.4 Å². The minimum atomic E-state index is -2.81. The second kappa shape index (κ2) is 12.9. The second-order valence-corrected chi connectivity index (χ2v) is 12.4. The molecule has 15 heteroatoms. The molecule has 2 aliphatic heterocycles. The fraction of sp³-hybridized carbons (Fsp3) is 0.533. The van der Waals surface area contributed by atoms with E-state index >= 15 is 0 Å². The Morgan fingerprint density at radius 1 is 1.11 bits per heavy atom. The van der Waals surface area contributed by atoms with Gasteiger partial charge in [-0.25, -0.2) is 27.9 Å². The number of alkyl carbamates (subject to hydrolysis) is 1. The van der Waals surface area contributed by atoms with E-state index in [1.165, 1.54) is 18.5 Å². The Kier molecular flexibility index (Phi) is 9.16. The number of piperidine rings is 1. The molecule has 2 fully saturated rings. The number of carbonyl (C=O) groups is 2. The fourth-order valence-electron chi connectivity index (χ4n) is 5.69. The lowest BCUT2D eigenvalue weighted by atomic mass is 9.92. The van der Waals surface area contributed by atoms with Gasteiger partial charge in [0.1, 0.15) is 11.4 Å². The highest BCUT2D eigenvalue weighted by molar-refractivity contribution is 5.93.